The van der Waals surface area contributed by atoms with Gasteiger partial charge in [0.25, 0.3) is 0 Å². The van der Waals surface area contributed by atoms with Crippen molar-refractivity contribution in [3.63, 3.8) is 0 Å². The zero-order chi connectivity index (χ0) is 20.7. The summed E-state index contributed by atoms with van der Waals surface area (Å²) in [5.74, 6) is 2.71. The number of aryl methyl sites for hydroxylation is 1. The molecule has 0 bridgehead atoms. The topological polar surface area (TPSA) is 85.2 Å². The van der Waals surface area contributed by atoms with Crippen molar-refractivity contribution in [3.05, 3.63) is 53.2 Å². The van der Waals surface area contributed by atoms with Crippen LogP contribution in [0.1, 0.15) is 42.0 Å². The minimum atomic E-state index is -0.129. The Balaban J connectivity index is 1.56. The molecular formula is C22H24N6O2. The van der Waals surface area contributed by atoms with Gasteiger partial charge in [0.1, 0.15) is 11.6 Å². The van der Waals surface area contributed by atoms with Gasteiger partial charge in [-0.05, 0) is 38.0 Å². The molecule has 0 spiro atoms. The van der Waals surface area contributed by atoms with E-state index in [-0.39, 0.29) is 11.8 Å². The van der Waals surface area contributed by atoms with Crippen molar-refractivity contribution in [2.75, 3.05) is 30.4 Å². The Morgan fingerprint density at radius 1 is 1.07 bits per heavy atom. The van der Waals surface area contributed by atoms with Gasteiger partial charge in [-0.15, -0.1) is 10.2 Å². The molecule has 3 aromatic rings. The summed E-state index contributed by atoms with van der Waals surface area (Å²) in [6.07, 6.45) is 2.72. The Morgan fingerprint density at radius 2 is 1.80 bits per heavy atom. The molecule has 0 saturated carbocycles. The lowest BCUT2D eigenvalue weighted by molar-refractivity contribution is -0.116. The predicted molar refractivity (Wildman–Crippen MR) is 113 cm³/mol. The lowest BCUT2D eigenvalue weighted by Gasteiger charge is -2.25. The van der Waals surface area contributed by atoms with Gasteiger partial charge in [-0.1, -0.05) is 18.2 Å². The summed E-state index contributed by atoms with van der Waals surface area (Å²) in [5, 5.41) is 16.5. The number of para-hydroxylation sites is 1. The van der Waals surface area contributed by atoms with Gasteiger partial charge in [0, 0.05) is 36.6 Å². The van der Waals surface area contributed by atoms with Gasteiger partial charge in [0.2, 0.25) is 5.91 Å². The van der Waals surface area contributed by atoms with E-state index in [9.17, 15) is 4.79 Å². The molecule has 0 aliphatic carbocycles. The van der Waals surface area contributed by atoms with E-state index in [4.69, 9.17) is 9.84 Å². The van der Waals surface area contributed by atoms with Crippen LogP contribution < -0.4 is 15.0 Å². The molecule has 1 N–H and O–H groups in total. The van der Waals surface area contributed by atoms with Crippen molar-refractivity contribution in [2.45, 2.75) is 32.1 Å². The van der Waals surface area contributed by atoms with Gasteiger partial charge in [0.05, 0.1) is 12.8 Å². The molecule has 8 nitrogen and oxygen atoms in total. The molecule has 1 atom stereocenters. The minimum absolute atomic E-state index is 0.0544. The number of nitrogens with one attached hydrogen (secondary N) is 1. The molecule has 4 heterocycles. The van der Waals surface area contributed by atoms with Crippen LogP contribution in [0.5, 0.6) is 5.75 Å². The number of ether oxygens (including phenoxy) is 1. The van der Waals surface area contributed by atoms with E-state index in [0.29, 0.717) is 18.1 Å². The number of fused-ring (bicyclic) bond motifs is 1. The monoisotopic (exact) mass is 404 g/mol. The van der Waals surface area contributed by atoms with Crippen LogP contribution in [-0.2, 0) is 4.79 Å². The molecule has 1 fully saturated rings. The second-order valence-corrected chi connectivity index (χ2v) is 7.75. The maximum Gasteiger partial charge on any atom is 0.226 e. The molecule has 0 radical (unpaired) electrons. The van der Waals surface area contributed by atoms with Crippen LogP contribution in [0.15, 0.2) is 36.4 Å². The molecule has 1 amide bonds. The Morgan fingerprint density at radius 3 is 2.53 bits per heavy atom. The first kappa shape index (κ1) is 18.6. The fourth-order valence-electron chi connectivity index (χ4n) is 4.48. The summed E-state index contributed by atoms with van der Waals surface area (Å²) in [5.41, 5.74) is 2.82. The number of carbonyl (C=O) groups excluding carboxylic acids is 1. The molecule has 1 saturated heterocycles. The highest BCUT2D eigenvalue weighted by Gasteiger charge is 2.34. The predicted octanol–water partition coefficient (Wildman–Crippen LogP) is 3.05. The van der Waals surface area contributed by atoms with Gasteiger partial charge in [0.15, 0.2) is 11.6 Å². The van der Waals surface area contributed by atoms with Gasteiger partial charge in [-0.25, -0.2) is 0 Å². The van der Waals surface area contributed by atoms with Crippen molar-refractivity contribution in [1.29, 1.82) is 0 Å². The quantitative estimate of drug-likeness (QED) is 0.719. The number of hydrogen-bond acceptors (Lipinski definition) is 6. The number of amides is 1. The Hall–Kier alpha value is -3.42. The lowest BCUT2D eigenvalue weighted by Crippen LogP contribution is -2.25. The molecule has 30 heavy (non-hydrogen) atoms. The van der Waals surface area contributed by atoms with Crippen LogP contribution in [-0.4, -0.2) is 46.1 Å². The van der Waals surface area contributed by atoms with Crippen LogP contribution >= 0.6 is 0 Å². The molecule has 0 unspecified atom stereocenters. The molecule has 8 heteroatoms. The minimum Gasteiger partial charge on any atom is -0.496 e. The number of anilines is 2. The summed E-state index contributed by atoms with van der Waals surface area (Å²) < 4.78 is 7.24. The number of carbonyl (C=O) groups is 1. The second kappa shape index (κ2) is 7.44. The third-order valence-corrected chi connectivity index (χ3v) is 5.90. The van der Waals surface area contributed by atoms with E-state index in [0.717, 1.165) is 41.5 Å². The maximum absolute atomic E-state index is 12.6. The molecule has 2 aromatic heterocycles. The first-order valence-corrected chi connectivity index (χ1v) is 10.3. The van der Waals surface area contributed by atoms with Crippen molar-refractivity contribution < 1.29 is 9.53 Å². The van der Waals surface area contributed by atoms with E-state index >= 15 is 0 Å². The van der Waals surface area contributed by atoms with E-state index in [1.807, 2.05) is 43.3 Å². The van der Waals surface area contributed by atoms with E-state index in [1.54, 1.807) is 11.8 Å². The van der Waals surface area contributed by atoms with Gasteiger partial charge in [-0.2, -0.15) is 9.78 Å². The van der Waals surface area contributed by atoms with Crippen LogP contribution in [0.25, 0.3) is 5.82 Å². The Bertz CT molecular complexity index is 1090. The third-order valence-electron chi connectivity index (χ3n) is 5.90. The highest BCUT2D eigenvalue weighted by Crippen LogP contribution is 2.42. The zero-order valence-electron chi connectivity index (χ0n) is 17.1. The van der Waals surface area contributed by atoms with E-state index in [2.05, 4.69) is 20.4 Å². The lowest BCUT2D eigenvalue weighted by atomic mass is 9.85. The number of methoxy groups -OCH3 is 1. The highest BCUT2D eigenvalue weighted by atomic mass is 16.5. The molecule has 154 valence electrons. The van der Waals surface area contributed by atoms with Crippen molar-refractivity contribution in [2.24, 2.45) is 0 Å². The molecule has 1 aromatic carbocycles. The first-order chi connectivity index (χ1) is 14.7. The van der Waals surface area contributed by atoms with Crippen LogP contribution in [0, 0.1) is 6.92 Å². The normalized spacial score (nSPS) is 18.3. The molecular weight excluding hydrogens is 380 g/mol. The summed E-state index contributed by atoms with van der Waals surface area (Å²) in [7, 11) is 1.65. The summed E-state index contributed by atoms with van der Waals surface area (Å²) in [6, 6.07) is 11.7. The molecule has 2 aliphatic heterocycles. The van der Waals surface area contributed by atoms with Crippen molar-refractivity contribution >= 4 is 17.5 Å². The van der Waals surface area contributed by atoms with Gasteiger partial charge < -0.3 is 15.0 Å². The van der Waals surface area contributed by atoms with Crippen molar-refractivity contribution in [3.8, 4) is 11.6 Å². The Labute approximate surface area is 174 Å². The number of rotatable bonds is 4. The third kappa shape index (κ3) is 3.08. The average Bonchev–Trinajstić information content (AvgIpc) is 3.42. The van der Waals surface area contributed by atoms with Crippen molar-refractivity contribution in [1.82, 2.24) is 20.0 Å². The second-order valence-electron chi connectivity index (χ2n) is 7.75. The van der Waals surface area contributed by atoms with Crippen LogP contribution in [0.2, 0.25) is 0 Å². The smallest absolute Gasteiger partial charge is 0.226 e. The largest absolute Gasteiger partial charge is 0.496 e. The maximum atomic E-state index is 12.6. The number of aromatic nitrogens is 4. The number of hydrogen-bond donors (Lipinski definition) is 1. The zero-order valence-corrected chi connectivity index (χ0v) is 17.1. The first-order valence-electron chi connectivity index (χ1n) is 10.3. The summed E-state index contributed by atoms with van der Waals surface area (Å²) in [6.45, 7) is 3.99. The standard InChI is InChI=1S/C22H24N6O2/c1-14-21-16(15-7-3-4-8-17(15)30-2)13-20(29)23-22(21)28(26-14)19-10-9-18(24-25-19)27-11-5-6-12-27/h3-4,7-10,16H,5-6,11-13H2,1-2H3,(H,23,29)/t16-/m1/s1. The molecule has 5 rings (SSSR count). The fourth-order valence-corrected chi connectivity index (χ4v) is 4.48. The highest BCUT2D eigenvalue weighted by molar-refractivity contribution is 5.95. The van der Waals surface area contributed by atoms with Crippen LogP contribution in [0.4, 0.5) is 11.6 Å². The van der Waals surface area contributed by atoms with Crippen LogP contribution in [0.3, 0.4) is 0 Å². The number of nitrogens with zero attached hydrogens (tertiary/aromatic N) is 5. The number of benzene rings is 1. The van der Waals surface area contributed by atoms with E-state index < -0.39 is 0 Å². The SMILES string of the molecule is COc1ccccc1[C@H]1CC(=O)Nc2c1c(C)nn2-c1ccc(N2CCCC2)nn1. The Kier molecular flexibility index (Phi) is 4.61. The summed E-state index contributed by atoms with van der Waals surface area (Å²) >= 11 is 0. The average molecular weight is 404 g/mol. The van der Waals surface area contributed by atoms with Gasteiger partial charge >= 0.3 is 0 Å². The fraction of sp³-hybridized carbons (Fsp3) is 0.364. The van der Waals surface area contributed by atoms with E-state index in [1.165, 1.54) is 12.8 Å². The van der Waals surface area contributed by atoms with Gasteiger partial charge in [-0.3, -0.25) is 4.79 Å². The summed E-state index contributed by atoms with van der Waals surface area (Å²) in [4.78, 5) is 14.8. The molecule has 2 aliphatic rings.